The molecule has 1 N–H and O–H groups in total. The maximum absolute atomic E-state index is 9.51. The Kier molecular flexibility index (Phi) is 4.35. The van der Waals surface area contributed by atoms with Crippen molar-refractivity contribution in [2.45, 2.75) is 44.4 Å². The van der Waals surface area contributed by atoms with Crippen LogP contribution in [0.5, 0.6) is 0 Å². The van der Waals surface area contributed by atoms with Crippen LogP contribution in [0.3, 0.4) is 0 Å². The van der Waals surface area contributed by atoms with Crippen LogP contribution in [-0.4, -0.2) is 29.2 Å². The lowest BCUT2D eigenvalue weighted by Gasteiger charge is -2.33. The molecule has 0 heterocycles. The van der Waals surface area contributed by atoms with Gasteiger partial charge in [0.25, 0.3) is 0 Å². The molecule has 1 aromatic rings. The molecule has 18 heavy (non-hydrogen) atoms. The fourth-order valence-corrected chi connectivity index (χ4v) is 2.66. The highest BCUT2D eigenvalue weighted by Gasteiger charge is 2.22. The fourth-order valence-electron chi connectivity index (χ4n) is 2.66. The minimum atomic E-state index is -0.100. The molecule has 0 bridgehead atoms. The largest absolute Gasteiger partial charge is 0.393 e. The standard InChI is InChI=1S/C15H20N2O/c1-17(14-5-7-15(18)8-6-14)11-13-4-2-3-12(9-13)10-16/h2-4,9,14-15,18H,5-8,11H2,1H3. The zero-order valence-electron chi connectivity index (χ0n) is 10.8. The molecule has 1 aliphatic carbocycles. The Balaban J connectivity index is 1.94. The fraction of sp³-hybridized carbons (Fsp3) is 0.533. The van der Waals surface area contributed by atoms with E-state index in [2.05, 4.69) is 24.1 Å². The summed E-state index contributed by atoms with van der Waals surface area (Å²) in [5.41, 5.74) is 1.91. The van der Waals surface area contributed by atoms with Crippen molar-refractivity contribution in [2.75, 3.05) is 7.05 Å². The first-order valence-electron chi connectivity index (χ1n) is 6.56. The molecule has 0 unspecified atom stereocenters. The first-order valence-corrected chi connectivity index (χ1v) is 6.56. The van der Waals surface area contributed by atoms with E-state index in [0.717, 1.165) is 37.8 Å². The van der Waals surface area contributed by atoms with Crippen LogP contribution in [0.2, 0.25) is 0 Å². The Labute approximate surface area is 109 Å². The van der Waals surface area contributed by atoms with Gasteiger partial charge >= 0.3 is 0 Å². The second-order valence-corrected chi connectivity index (χ2v) is 5.19. The van der Waals surface area contributed by atoms with Gasteiger partial charge in [0, 0.05) is 12.6 Å². The Hall–Kier alpha value is -1.37. The molecule has 96 valence electrons. The molecule has 2 rings (SSSR count). The minimum absolute atomic E-state index is 0.100. The SMILES string of the molecule is CN(Cc1cccc(C#N)c1)C1CCC(O)CC1. The highest BCUT2D eigenvalue weighted by molar-refractivity contribution is 5.32. The van der Waals surface area contributed by atoms with Crippen molar-refractivity contribution in [2.24, 2.45) is 0 Å². The van der Waals surface area contributed by atoms with Crippen molar-refractivity contribution in [3.63, 3.8) is 0 Å². The van der Waals surface area contributed by atoms with E-state index in [1.54, 1.807) is 0 Å². The molecule has 3 heteroatoms. The van der Waals surface area contributed by atoms with Crippen LogP contribution >= 0.6 is 0 Å². The molecule has 0 aliphatic heterocycles. The smallest absolute Gasteiger partial charge is 0.0991 e. The summed E-state index contributed by atoms with van der Waals surface area (Å²) >= 11 is 0. The molecule has 3 nitrogen and oxygen atoms in total. The summed E-state index contributed by atoms with van der Waals surface area (Å²) in [4.78, 5) is 2.34. The average Bonchev–Trinajstić information content (AvgIpc) is 2.39. The predicted molar refractivity (Wildman–Crippen MR) is 70.9 cm³/mol. The molecule has 1 fully saturated rings. The predicted octanol–water partition coefficient (Wildman–Crippen LogP) is 2.29. The van der Waals surface area contributed by atoms with Crippen LogP contribution in [0.15, 0.2) is 24.3 Å². The maximum Gasteiger partial charge on any atom is 0.0991 e. The summed E-state index contributed by atoms with van der Waals surface area (Å²) < 4.78 is 0. The van der Waals surface area contributed by atoms with Crippen LogP contribution in [0.25, 0.3) is 0 Å². The summed E-state index contributed by atoms with van der Waals surface area (Å²) in [6.45, 7) is 0.871. The second kappa shape index (κ2) is 5.99. The van der Waals surface area contributed by atoms with Gasteiger partial charge in [0.15, 0.2) is 0 Å². The maximum atomic E-state index is 9.51. The summed E-state index contributed by atoms with van der Waals surface area (Å²) in [6.07, 6.45) is 3.85. The number of rotatable bonds is 3. The van der Waals surface area contributed by atoms with Crippen LogP contribution in [0, 0.1) is 11.3 Å². The van der Waals surface area contributed by atoms with Gasteiger partial charge in [-0.1, -0.05) is 12.1 Å². The number of hydrogen-bond acceptors (Lipinski definition) is 3. The molecular formula is C15H20N2O. The van der Waals surface area contributed by atoms with Crippen molar-refractivity contribution in [1.29, 1.82) is 5.26 Å². The Morgan fingerprint density at radius 2 is 2.06 bits per heavy atom. The van der Waals surface area contributed by atoms with Gasteiger partial charge in [-0.25, -0.2) is 0 Å². The van der Waals surface area contributed by atoms with E-state index in [9.17, 15) is 5.11 Å². The third kappa shape index (κ3) is 3.32. The normalized spacial score (nSPS) is 23.9. The minimum Gasteiger partial charge on any atom is -0.393 e. The highest BCUT2D eigenvalue weighted by Crippen LogP contribution is 2.23. The van der Waals surface area contributed by atoms with Gasteiger partial charge in [-0.15, -0.1) is 0 Å². The zero-order valence-corrected chi connectivity index (χ0v) is 10.8. The van der Waals surface area contributed by atoms with E-state index in [0.29, 0.717) is 6.04 Å². The lowest BCUT2D eigenvalue weighted by atomic mass is 9.92. The molecule has 0 saturated heterocycles. The first kappa shape index (κ1) is 13.1. The first-order chi connectivity index (χ1) is 8.69. The van der Waals surface area contributed by atoms with Crippen LogP contribution in [0.4, 0.5) is 0 Å². The monoisotopic (exact) mass is 244 g/mol. The van der Waals surface area contributed by atoms with Crippen molar-refractivity contribution < 1.29 is 5.11 Å². The number of nitriles is 1. The van der Waals surface area contributed by atoms with Gasteiger partial charge in [0.1, 0.15) is 0 Å². The van der Waals surface area contributed by atoms with Gasteiger partial charge in [-0.2, -0.15) is 5.26 Å². The van der Waals surface area contributed by atoms with E-state index in [1.807, 2.05) is 18.2 Å². The summed E-state index contributed by atoms with van der Waals surface area (Å²) in [6, 6.07) is 10.5. The van der Waals surface area contributed by atoms with Gasteiger partial charge in [-0.3, -0.25) is 4.90 Å². The quantitative estimate of drug-likeness (QED) is 0.887. The molecule has 0 amide bonds. The van der Waals surface area contributed by atoms with E-state index >= 15 is 0 Å². The van der Waals surface area contributed by atoms with Crippen molar-refractivity contribution in [1.82, 2.24) is 4.90 Å². The van der Waals surface area contributed by atoms with E-state index in [-0.39, 0.29) is 6.10 Å². The molecule has 0 spiro atoms. The lowest BCUT2D eigenvalue weighted by Crippen LogP contribution is -2.35. The van der Waals surface area contributed by atoms with E-state index < -0.39 is 0 Å². The molecular weight excluding hydrogens is 224 g/mol. The summed E-state index contributed by atoms with van der Waals surface area (Å²) in [7, 11) is 2.13. The lowest BCUT2D eigenvalue weighted by molar-refractivity contribution is 0.0818. The number of aliphatic hydroxyl groups excluding tert-OH is 1. The third-order valence-electron chi connectivity index (χ3n) is 3.78. The molecule has 1 aliphatic rings. The molecule has 0 aromatic heterocycles. The number of hydrogen-bond donors (Lipinski definition) is 1. The van der Waals surface area contributed by atoms with Gasteiger partial charge in [0.2, 0.25) is 0 Å². The number of nitrogens with zero attached hydrogens (tertiary/aromatic N) is 2. The van der Waals surface area contributed by atoms with Crippen molar-refractivity contribution in [3.05, 3.63) is 35.4 Å². The van der Waals surface area contributed by atoms with Crippen LogP contribution in [0.1, 0.15) is 36.8 Å². The van der Waals surface area contributed by atoms with Gasteiger partial charge in [-0.05, 0) is 50.4 Å². The number of aliphatic hydroxyl groups is 1. The van der Waals surface area contributed by atoms with Crippen molar-refractivity contribution >= 4 is 0 Å². The van der Waals surface area contributed by atoms with Crippen LogP contribution < -0.4 is 0 Å². The van der Waals surface area contributed by atoms with Crippen LogP contribution in [-0.2, 0) is 6.54 Å². The molecule has 1 saturated carbocycles. The molecule has 0 radical (unpaired) electrons. The Morgan fingerprint density at radius 1 is 1.33 bits per heavy atom. The molecule has 0 atom stereocenters. The van der Waals surface area contributed by atoms with E-state index in [4.69, 9.17) is 5.26 Å². The molecule has 1 aromatic carbocycles. The highest BCUT2D eigenvalue weighted by atomic mass is 16.3. The summed E-state index contributed by atoms with van der Waals surface area (Å²) in [5, 5.41) is 18.4. The summed E-state index contributed by atoms with van der Waals surface area (Å²) in [5.74, 6) is 0. The van der Waals surface area contributed by atoms with Gasteiger partial charge in [0.05, 0.1) is 17.7 Å². The second-order valence-electron chi connectivity index (χ2n) is 5.19. The average molecular weight is 244 g/mol. The van der Waals surface area contributed by atoms with Crippen molar-refractivity contribution in [3.8, 4) is 6.07 Å². The Morgan fingerprint density at radius 3 is 2.72 bits per heavy atom. The topological polar surface area (TPSA) is 47.3 Å². The van der Waals surface area contributed by atoms with E-state index in [1.165, 1.54) is 5.56 Å². The number of benzene rings is 1. The zero-order chi connectivity index (χ0) is 13.0. The third-order valence-corrected chi connectivity index (χ3v) is 3.78. The van der Waals surface area contributed by atoms with Gasteiger partial charge < -0.3 is 5.11 Å². The Bertz CT molecular complexity index is 430.